The van der Waals surface area contributed by atoms with Gasteiger partial charge < -0.3 is 24.8 Å². The number of fused-ring (bicyclic) bond motifs is 1. The molecule has 2 N–H and O–H groups in total. The van der Waals surface area contributed by atoms with Crippen LogP contribution >= 0.6 is 0 Å². The number of para-hydroxylation sites is 1. The summed E-state index contributed by atoms with van der Waals surface area (Å²) in [7, 11) is 0. The Morgan fingerprint density at radius 3 is 2.52 bits per heavy atom. The van der Waals surface area contributed by atoms with Crippen LogP contribution in [0.1, 0.15) is 51.2 Å². The van der Waals surface area contributed by atoms with Crippen LogP contribution in [0.15, 0.2) is 18.2 Å². The second-order valence-electron chi connectivity index (χ2n) is 9.73. The van der Waals surface area contributed by atoms with E-state index in [4.69, 9.17) is 9.47 Å². The minimum atomic E-state index is -1.13. The highest BCUT2D eigenvalue weighted by Crippen LogP contribution is 2.63. The molecule has 2 bridgehead atoms. The van der Waals surface area contributed by atoms with Gasteiger partial charge in [-0.3, -0.25) is 14.4 Å². The predicted molar refractivity (Wildman–Crippen MR) is 121 cm³/mol. The quantitative estimate of drug-likeness (QED) is 0.608. The highest BCUT2D eigenvalue weighted by molar-refractivity contribution is 6.04. The number of aliphatic hydroxyl groups is 1. The van der Waals surface area contributed by atoms with E-state index in [1.807, 2.05) is 45.9 Å². The lowest BCUT2D eigenvalue weighted by Crippen LogP contribution is -2.56. The molecule has 0 aliphatic carbocycles. The van der Waals surface area contributed by atoms with E-state index in [1.54, 1.807) is 6.92 Å². The van der Waals surface area contributed by atoms with E-state index in [0.717, 1.165) is 11.1 Å². The molecule has 1 spiro atoms. The van der Waals surface area contributed by atoms with Crippen molar-refractivity contribution in [1.29, 1.82) is 0 Å². The molecule has 3 heterocycles. The number of carbonyl (C=O) groups is 3. The van der Waals surface area contributed by atoms with Crippen LogP contribution in [0.4, 0.5) is 5.69 Å². The zero-order valence-electron chi connectivity index (χ0n) is 20.0. The van der Waals surface area contributed by atoms with Gasteiger partial charge in [0.1, 0.15) is 17.6 Å². The molecule has 3 fully saturated rings. The van der Waals surface area contributed by atoms with Gasteiger partial charge in [0, 0.05) is 5.69 Å². The largest absolute Gasteiger partial charge is 0.466 e. The van der Waals surface area contributed by atoms with Gasteiger partial charge in [-0.25, -0.2) is 0 Å². The van der Waals surface area contributed by atoms with Crippen LogP contribution in [-0.4, -0.2) is 64.3 Å². The summed E-state index contributed by atoms with van der Waals surface area (Å²) < 4.78 is 11.8. The number of ether oxygens (including phenoxy) is 2. The van der Waals surface area contributed by atoms with E-state index in [-0.39, 0.29) is 25.0 Å². The molecule has 2 unspecified atom stereocenters. The Kier molecular flexibility index (Phi) is 6.03. The van der Waals surface area contributed by atoms with Crippen molar-refractivity contribution in [1.82, 2.24) is 4.90 Å². The summed E-state index contributed by atoms with van der Waals surface area (Å²) in [5.41, 5.74) is 0.530. The number of nitrogens with one attached hydrogen (secondary N) is 1. The van der Waals surface area contributed by atoms with Crippen LogP contribution in [0, 0.1) is 25.7 Å². The molecule has 4 rings (SSSR count). The molecular formula is C25H34N2O6. The van der Waals surface area contributed by atoms with E-state index in [9.17, 15) is 19.5 Å². The number of rotatable bonds is 7. The van der Waals surface area contributed by atoms with Crippen LogP contribution in [0.25, 0.3) is 0 Å². The molecule has 33 heavy (non-hydrogen) atoms. The molecular weight excluding hydrogens is 424 g/mol. The van der Waals surface area contributed by atoms with Crippen molar-refractivity contribution in [3.05, 3.63) is 29.3 Å². The zero-order valence-corrected chi connectivity index (χ0v) is 20.0. The third-order valence-electron chi connectivity index (χ3n) is 7.81. The minimum Gasteiger partial charge on any atom is -0.466 e. The molecule has 180 valence electrons. The topological polar surface area (TPSA) is 105 Å². The summed E-state index contributed by atoms with van der Waals surface area (Å²) in [6.45, 7) is 9.18. The Hall–Kier alpha value is -2.45. The van der Waals surface area contributed by atoms with E-state index in [1.165, 1.54) is 4.90 Å². The number of hydrogen-bond acceptors (Lipinski definition) is 6. The summed E-state index contributed by atoms with van der Waals surface area (Å²) >= 11 is 0. The fraction of sp³-hybridized carbons (Fsp3) is 0.640. The molecule has 0 aromatic heterocycles. The Morgan fingerprint density at radius 1 is 1.27 bits per heavy atom. The number of amides is 2. The van der Waals surface area contributed by atoms with Crippen LogP contribution < -0.4 is 5.32 Å². The average molecular weight is 459 g/mol. The number of hydrogen-bond donors (Lipinski definition) is 2. The number of anilines is 1. The molecule has 2 amide bonds. The van der Waals surface area contributed by atoms with Crippen molar-refractivity contribution >= 4 is 23.5 Å². The van der Waals surface area contributed by atoms with Crippen molar-refractivity contribution in [3.8, 4) is 0 Å². The van der Waals surface area contributed by atoms with Gasteiger partial charge in [0.05, 0.1) is 30.8 Å². The van der Waals surface area contributed by atoms with Gasteiger partial charge in [0.25, 0.3) is 0 Å². The maximum atomic E-state index is 13.9. The van der Waals surface area contributed by atoms with Crippen LogP contribution in [-0.2, 0) is 23.9 Å². The van der Waals surface area contributed by atoms with E-state index in [0.29, 0.717) is 24.9 Å². The molecule has 8 nitrogen and oxygen atoms in total. The molecule has 3 aliphatic rings. The standard InChI is InChI=1S/C25H34N2O6/c1-6-16(13-28)27-20(21(29)26-19-14(3)9-8-10-15(19)4)25-12-11-24(5,33-25)18(17(25)22(27)30)23(31)32-7-2/h8-10,16-18,20,28H,6-7,11-13H2,1-5H3,(H,26,29)/t16-,17-,18-,20?,24+,25?/m0/s1. The first kappa shape index (κ1) is 23.7. The Bertz CT molecular complexity index is 955. The molecule has 1 aromatic rings. The van der Waals surface area contributed by atoms with Gasteiger partial charge in [-0.1, -0.05) is 25.1 Å². The summed E-state index contributed by atoms with van der Waals surface area (Å²) in [4.78, 5) is 42.2. The van der Waals surface area contributed by atoms with Crippen molar-refractivity contribution in [2.24, 2.45) is 11.8 Å². The van der Waals surface area contributed by atoms with Crippen molar-refractivity contribution in [2.75, 3.05) is 18.5 Å². The fourth-order valence-electron chi connectivity index (χ4n) is 6.26. The van der Waals surface area contributed by atoms with Gasteiger partial charge in [-0.05, 0) is 58.1 Å². The van der Waals surface area contributed by atoms with Gasteiger partial charge >= 0.3 is 5.97 Å². The number of benzene rings is 1. The molecule has 0 radical (unpaired) electrons. The second-order valence-corrected chi connectivity index (χ2v) is 9.73. The minimum absolute atomic E-state index is 0.202. The van der Waals surface area contributed by atoms with Gasteiger partial charge in [-0.15, -0.1) is 0 Å². The summed E-state index contributed by atoms with van der Waals surface area (Å²) in [5, 5.41) is 13.1. The number of likely N-dealkylation sites (tertiary alicyclic amines) is 1. The lowest BCUT2D eigenvalue weighted by molar-refractivity contribution is -0.160. The van der Waals surface area contributed by atoms with Crippen molar-refractivity contribution in [2.45, 2.75) is 77.2 Å². The molecule has 6 atom stereocenters. The number of carbonyl (C=O) groups excluding carboxylic acids is 3. The maximum absolute atomic E-state index is 13.9. The first-order valence-corrected chi connectivity index (χ1v) is 11.8. The highest BCUT2D eigenvalue weighted by Gasteiger charge is 2.78. The highest BCUT2D eigenvalue weighted by atomic mass is 16.6. The number of aryl methyl sites for hydroxylation is 2. The van der Waals surface area contributed by atoms with E-state index in [2.05, 4.69) is 5.32 Å². The first-order valence-electron chi connectivity index (χ1n) is 11.8. The smallest absolute Gasteiger partial charge is 0.312 e. The van der Waals surface area contributed by atoms with Gasteiger partial charge in [0.15, 0.2) is 0 Å². The number of aliphatic hydroxyl groups excluding tert-OH is 1. The van der Waals surface area contributed by atoms with Crippen LogP contribution in [0.3, 0.4) is 0 Å². The molecule has 8 heteroatoms. The predicted octanol–water partition coefficient (Wildman–Crippen LogP) is 2.34. The van der Waals surface area contributed by atoms with Gasteiger partial charge in [-0.2, -0.15) is 0 Å². The molecule has 0 saturated carbocycles. The van der Waals surface area contributed by atoms with Crippen LogP contribution in [0.5, 0.6) is 0 Å². The fourth-order valence-corrected chi connectivity index (χ4v) is 6.26. The zero-order chi connectivity index (χ0) is 24.1. The lowest BCUT2D eigenvalue weighted by Gasteiger charge is -2.36. The maximum Gasteiger partial charge on any atom is 0.312 e. The first-order chi connectivity index (χ1) is 15.6. The summed E-state index contributed by atoms with van der Waals surface area (Å²) in [6, 6.07) is 4.25. The average Bonchev–Trinajstić information content (AvgIpc) is 3.33. The normalized spacial score (nSPS) is 33.2. The summed E-state index contributed by atoms with van der Waals surface area (Å²) in [5.74, 6) is -2.74. The summed E-state index contributed by atoms with van der Waals surface area (Å²) in [6.07, 6.45) is 1.51. The Labute approximate surface area is 194 Å². The lowest BCUT2D eigenvalue weighted by atomic mass is 9.66. The molecule has 3 saturated heterocycles. The van der Waals surface area contributed by atoms with E-state index < -0.39 is 41.1 Å². The van der Waals surface area contributed by atoms with Crippen molar-refractivity contribution in [3.63, 3.8) is 0 Å². The molecule has 1 aromatic carbocycles. The second kappa shape index (κ2) is 8.40. The third kappa shape index (κ3) is 3.37. The van der Waals surface area contributed by atoms with Gasteiger partial charge in [0.2, 0.25) is 11.8 Å². The van der Waals surface area contributed by atoms with Crippen LogP contribution in [0.2, 0.25) is 0 Å². The number of nitrogens with zero attached hydrogens (tertiary/aromatic N) is 1. The third-order valence-corrected chi connectivity index (χ3v) is 7.81. The van der Waals surface area contributed by atoms with E-state index >= 15 is 0 Å². The molecule has 3 aliphatic heterocycles. The monoisotopic (exact) mass is 458 g/mol. The SMILES string of the molecule is CCOC(=O)[C@@H]1[C@H]2C(=O)N([C@@H](CC)CO)C(C(=O)Nc3c(C)cccc3C)C23CC[C@@]1(C)O3. The van der Waals surface area contributed by atoms with Crippen molar-refractivity contribution < 1.29 is 29.0 Å². The number of esters is 1. The Morgan fingerprint density at radius 2 is 1.94 bits per heavy atom. The Balaban J connectivity index is 1.79.